The van der Waals surface area contributed by atoms with E-state index >= 15 is 0 Å². The van der Waals surface area contributed by atoms with E-state index in [1.165, 1.54) is 37.0 Å². The van der Waals surface area contributed by atoms with E-state index in [1.807, 2.05) is 0 Å². The molecule has 2 amide bonds. The standard InChI is InChI=1S/C21H23N5O5S/c1-22-32(29,30)19-12-16(7-8-18(19)31-2)21(28)23-13-15-5-3-6-17(11-15)25-20(27)14-26-10-4-9-24-26/h3-12,22H,13-14H2,1-2H3,(H,23,28)(H,25,27). The van der Waals surface area contributed by atoms with Gasteiger partial charge in [0.25, 0.3) is 5.91 Å². The highest BCUT2D eigenvalue weighted by atomic mass is 32.2. The van der Waals surface area contributed by atoms with Crippen molar-refractivity contribution in [3.8, 4) is 5.75 Å². The molecule has 32 heavy (non-hydrogen) atoms. The van der Waals surface area contributed by atoms with Crippen LogP contribution in [0.2, 0.25) is 0 Å². The summed E-state index contributed by atoms with van der Waals surface area (Å²) in [5.74, 6) is -0.547. The molecule has 0 bridgehead atoms. The van der Waals surface area contributed by atoms with Crippen LogP contribution >= 0.6 is 0 Å². The Bertz CT molecular complexity index is 1210. The quantitative estimate of drug-likeness (QED) is 0.445. The van der Waals surface area contributed by atoms with Gasteiger partial charge in [-0.05, 0) is 49.0 Å². The van der Waals surface area contributed by atoms with Crippen LogP contribution in [-0.2, 0) is 27.9 Å². The lowest BCUT2D eigenvalue weighted by Crippen LogP contribution is -2.24. The molecule has 0 saturated heterocycles. The summed E-state index contributed by atoms with van der Waals surface area (Å²) in [5, 5.41) is 9.52. The van der Waals surface area contributed by atoms with Gasteiger partial charge in [0.2, 0.25) is 15.9 Å². The lowest BCUT2D eigenvalue weighted by Gasteiger charge is -2.12. The molecule has 0 unspecified atom stereocenters. The summed E-state index contributed by atoms with van der Waals surface area (Å²) in [6.45, 7) is 0.269. The van der Waals surface area contributed by atoms with Crippen molar-refractivity contribution < 1.29 is 22.7 Å². The number of ether oxygens (including phenoxy) is 1. The van der Waals surface area contributed by atoms with Crippen molar-refractivity contribution in [2.45, 2.75) is 18.0 Å². The van der Waals surface area contributed by atoms with E-state index in [0.29, 0.717) is 5.69 Å². The molecule has 3 rings (SSSR count). The lowest BCUT2D eigenvalue weighted by atomic mass is 10.1. The summed E-state index contributed by atoms with van der Waals surface area (Å²) in [5.41, 5.74) is 1.51. The minimum atomic E-state index is -3.80. The zero-order chi connectivity index (χ0) is 23.1. The molecule has 10 nitrogen and oxygen atoms in total. The summed E-state index contributed by atoms with van der Waals surface area (Å²) in [6.07, 6.45) is 3.29. The Morgan fingerprint density at radius 2 is 1.94 bits per heavy atom. The molecule has 0 aliphatic heterocycles. The van der Waals surface area contributed by atoms with Gasteiger partial charge in [0.15, 0.2) is 0 Å². The van der Waals surface area contributed by atoms with Crippen molar-refractivity contribution in [3.05, 3.63) is 72.1 Å². The molecule has 3 aromatic rings. The van der Waals surface area contributed by atoms with Crippen molar-refractivity contribution in [2.24, 2.45) is 0 Å². The number of nitrogens with zero attached hydrogens (tertiary/aromatic N) is 2. The third-order valence-electron chi connectivity index (χ3n) is 4.51. The number of methoxy groups -OCH3 is 1. The second kappa shape index (κ2) is 10.1. The van der Waals surface area contributed by atoms with Gasteiger partial charge in [0.1, 0.15) is 17.2 Å². The van der Waals surface area contributed by atoms with Crippen LogP contribution in [0.15, 0.2) is 65.8 Å². The van der Waals surface area contributed by atoms with Crippen LogP contribution in [0.4, 0.5) is 5.69 Å². The summed E-state index contributed by atoms with van der Waals surface area (Å²) in [6, 6.07) is 12.9. The van der Waals surface area contributed by atoms with E-state index in [4.69, 9.17) is 4.74 Å². The van der Waals surface area contributed by atoms with Crippen molar-refractivity contribution in [3.63, 3.8) is 0 Å². The molecule has 0 saturated carbocycles. The number of nitrogens with one attached hydrogen (secondary N) is 3. The molecule has 0 fully saturated rings. The summed E-state index contributed by atoms with van der Waals surface area (Å²) < 4.78 is 33.2. The highest BCUT2D eigenvalue weighted by Gasteiger charge is 2.20. The number of anilines is 1. The van der Waals surface area contributed by atoms with E-state index < -0.39 is 15.9 Å². The van der Waals surface area contributed by atoms with Gasteiger partial charge in [-0.1, -0.05) is 12.1 Å². The van der Waals surface area contributed by atoms with Gasteiger partial charge in [-0.3, -0.25) is 14.3 Å². The second-order valence-electron chi connectivity index (χ2n) is 6.71. The van der Waals surface area contributed by atoms with Gasteiger partial charge in [0, 0.05) is 30.2 Å². The van der Waals surface area contributed by atoms with Gasteiger partial charge in [-0.15, -0.1) is 0 Å². The fourth-order valence-electron chi connectivity index (χ4n) is 2.92. The number of rotatable bonds is 9. The number of hydrogen-bond donors (Lipinski definition) is 3. The highest BCUT2D eigenvalue weighted by molar-refractivity contribution is 7.89. The molecular weight excluding hydrogens is 434 g/mol. The fraction of sp³-hybridized carbons (Fsp3) is 0.190. The maximum atomic E-state index is 12.6. The Hall–Kier alpha value is -3.70. The number of benzene rings is 2. The van der Waals surface area contributed by atoms with E-state index in [-0.39, 0.29) is 35.2 Å². The van der Waals surface area contributed by atoms with Gasteiger partial charge in [0.05, 0.1) is 7.11 Å². The van der Waals surface area contributed by atoms with Crippen LogP contribution < -0.4 is 20.1 Å². The minimum Gasteiger partial charge on any atom is -0.495 e. The zero-order valence-electron chi connectivity index (χ0n) is 17.5. The summed E-state index contributed by atoms with van der Waals surface area (Å²) >= 11 is 0. The molecule has 0 aliphatic carbocycles. The number of amides is 2. The van der Waals surface area contributed by atoms with Crippen molar-refractivity contribution in [1.29, 1.82) is 0 Å². The molecule has 11 heteroatoms. The topological polar surface area (TPSA) is 131 Å². The normalized spacial score (nSPS) is 11.1. The Balaban J connectivity index is 1.65. The molecule has 1 heterocycles. The first-order valence-electron chi connectivity index (χ1n) is 9.58. The molecule has 168 valence electrons. The maximum Gasteiger partial charge on any atom is 0.251 e. The number of sulfonamides is 1. The number of hydrogen-bond acceptors (Lipinski definition) is 6. The molecule has 0 aliphatic rings. The van der Waals surface area contributed by atoms with Crippen molar-refractivity contribution >= 4 is 27.5 Å². The number of carbonyl (C=O) groups is 2. The molecule has 3 N–H and O–H groups in total. The number of aromatic nitrogens is 2. The first-order chi connectivity index (χ1) is 15.3. The first-order valence-corrected chi connectivity index (χ1v) is 11.1. The van der Waals surface area contributed by atoms with Crippen molar-refractivity contribution in [1.82, 2.24) is 19.8 Å². The van der Waals surface area contributed by atoms with Gasteiger partial charge in [-0.25, -0.2) is 13.1 Å². The van der Waals surface area contributed by atoms with Crippen molar-refractivity contribution in [2.75, 3.05) is 19.5 Å². The van der Waals surface area contributed by atoms with Gasteiger partial charge in [-0.2, -0.15) is 5.10 Å². The fourth-order valence-corrected chi connectivity index (χ4v) is 3.84. The maximum absolute atomic E-state index is 12.6. The van der Waals surface area contributed by atoms with Gasteiger partial charge < -0.3 is 15.4 Å². The summed E-state index contributed by atoms with van der Waals surface area (Å²) in [7, 11) is -1.17. The largest absolute Gasteiger partial charge is 0.495 e. The molecule has 0 radical (unpaired) electrons. The van der Waals surface area contributed by atoms with Crippen LogP contribution in [-0.4, -0.2) is 44.2 Å². The first kappa shape index (κ1) is 23.0. The predicted octanol–water partition coefficient (Wildman–Crippen LogP) is 1.37. The van der Waals surface area contributed by atoms with E-state index in [1.54, 1.807) is 42.7 Å². The lowest BCUT2D eigenvalue weighted by molar-refractivity contribution is -0.116. The van der Waals surface area contributed by atoms with Crippen LogP contribution in [0.5, 0.6) is 5.75 Å². The third-order valence-corrected chi connectivity index (χ3v) is 5.95. The number of carbonyl (C=O) groups excluding carboxylic acids is 2. The van der Waals surface area contributed by atoms with Crippen LogP contribution in [0.3, 0.4) is 0 Å². The van der Waals surface area contributed by atoms with Crippen LogP contribution in [0.25, 0.3) is 0 Å². The molecule has 2 aromatic carbocycles. The predicted molar refractivity (Wildman–Crippen MR) is 118 cm³/mol. The molecule has 0 atom stereocenters. The third kappa shape index (κ3) is 5.71. The average Bonchev–Trinajstić information content (AvgIpc) is 3.30. The van der Waals surface area contributed by atoms with E-state index in [2.05, 4.69) is 20.5 Å². The zero-order valence-corrected chi connectivity index (χ0v) is 18.3. The van der Waals surface area contributed by atoms with Crippen LogP contribution in [0, 0.1) is 0 Å². The van der Waals surface area contributed by atoms with Crippen LogP contribution in [0.1, 0.15) is 15.9 Å². The highest BCUT2D eigenvalue weighted by Crippen LogP contribution is 2.24. The van der Waals surface area contributed by atoms with E-state index in [9.17, 15) is 18.0 Å². The molecular formula is C21H23N5O5S. The SMILES string of the molecule is CNS(=O)(=O)c1cc(C(=O)NCc2cccc(NC(=O)Cn3cccn3)c2)ccc1OC. The average molecular weight is 458 g/mol. The minimum absolute atomic E-state index is 0.0866. The Labute approximate surface area is 185 Å². The Morgan fingerprint density at radius 1 is 1.12 bits per heavy atom. The van der Waals surface area contributed by atoms with Gasteiger partial charge >= 0.3 is 0 Å². The van der Waals surface area contributed by atoms with E-state index in [0.717, 1.165) is 5.56 Å². The Morgan fingerprint density at radius 3 is 2.62 bits per heavy atom. The monoisotopic (exact) mass is 457 g/mol. The second-order valence-corrected chi connectivity index (χ2v) is 8.56. The summed E-state index contributed by atoms with van der Waals surface area (Å²) in [4.78, 5) is 24.6. The Kier molecular flexibility index (Phi) is 7.23. The molecule has 0 spiro atoms. The molecule has 1 aromatic heterocycles. The smallest absolute Gasteiger partial charge is 0.251 e.